The van der Waals surface area contributed by atoms with Crippen LogP contribution in [0.3, 0.4) is 0 Å². The fourth-order valence-corrected chi connectivity index (χ4v) is 6.46. The molecule has 18 heteroatoms. The fraction of sp³-hybridized carbons (Fsp3) is 0.606. The number of carbonyl (C=O) groups excluding carboxylic acids is 1. The maximum Gasteiger partial charge on any atom is 0.229 e. The first-order valence-electron chi connectivity index (χ1n) is 16.4. The number of hydrogen-bond donors (Lipinski definition) is 10. The highest BCUT2D eigenvalue weighted by Gasteiger charge is 2.53. The lowest BCUT2D eigenvalue weighted by Gasteiger charge is -2.48. The highest BCUT2D eigenvalue weighted by atomic mass is 16.8. The van der Waals surface area contributed by atoms with Crippen molar-refractivity contribution < 1.29 is 89.0 Å². The van der Waals surface area contributed by atoms with Crippen molar-refractivity contribution in [3.8, 4) is 28.7 Å². The summed E-state index contributed by atoms with van der Waals surface area (Å²) < 4.78 is 40.7. The summed E-state index contributed by atoms with van der Waals surface area (Å²) in [6.45, 7) is 4.20. The van der Waals surface area contributed by atoms with Gasteiger partial charge in [0.05, 0.1) is 24.7 Å². The third-order valence-electron chi connectivity index (χ3n) is 9.59. The van der Waals surface area contributed by atoms with Gasteiger partial charge in [-0.1, -0.05) is 12.1 Å². The smallest absolute Gasteiger partial charge is 0.229 e. The molecule has 4 aliphatic heterocycles. The van der Waals surface area contributed by atoms with E-state index in [0.29, 0.717) is 5.56 Å². The molecule has 18 nitrogen and oxygen atoms in total. The first-order valence-corrected chi connectivity index (χ1v) is 16.4. The number of benzene rings is 2. The number of carbonyl (C=O) groups is 1. The van der Waals surface area contributed by atoms with Gasteiger partial charge >= 0.3 is 0 Å². The van der Waals surface area contributed by atoms with E-state index in [1.165, 1.54) is 32.9 Å². The van der Waals surface area contributed by atoms with Crippen LogP contribution in [0.25, 0.3) is 0 Å². The minimum absolute atomic E-state index is 0.00451. The van der Waals surface area contributed by atoms with Gasteiger partial charge in [0.15, 0.2) is 36.0 Å². The number of rotatable bonds is 7. The van der Waals surface area contributed by atoms with Crippen LogP contribution < -0.4 is 9.47 Å². The summed E-state index contributed by atoms with van der Waals surface area (Å²) in [4.78, 5) is 13.1. The Kier molecular flexibility index (Phi) is 10.7. The molecule has 2 aromatic carbocycles. The molecule has 6 rings (SSSR count). The lowest BCUT2D eigenvalue weighted by atomic mass is 9.95. The quantitative estimate of drug-likeness (QED) is 0.144. The minimum Gasteiger partial charge on any atom is -0.508 e. The number of ketones is 1. The zero-order valence-corrected chi connectivity index (χ0v) is 27.6. The summed E-state index contributed by atoms with van der Waals surface area (Å²) in [6.07, 6.45) is -24.4. The molecule has 4 aliphatic rings. The Morgan fingerprint density at radius 1 is 0.627 bits per heavy atom. The summed E-state index contributed by atoms with van der Waals surface area (Å²) in [5.41, 5.74) is 0.223. The van der Waals surface area contributed by atoms with Crippen LogP contribution in [-0.2, 0) is 23.7 Å². The van der Waals surface area contributed by atoms with Crippen molar-refractivity contribution in [2.75, 3.05) is 0 Å². The Balaban J connectivity index is 1.28. The minimum atomic E-state index is -1.81. The summed E-state index contributed by atoms with van der Waals surface area (Å²) >= 11 is 0. The van der Waals surface area contributed by atoms with Crippen molar-refractivity contribution in [1.82, 2.24) is 0 Å². The summed E-state index contributed by atoms with van der Waals surface area (Å²) in [5, 5.41) is 106. The van der Waals surface area contributed by atoms with E-state index in [0.717, 1.165) is 6.07 Å². The molecule has 0 amide bonds. The molecule has 51 heavy (non-hydrogen) atoms. The Morgan fingerprint density at radius 2 is 1.14 bits per heavy atom. The Morgan fingerprint density at radius 3 is 1.75 bits per heavy atom. The van der Waals surface area contributed by atoms with Gasteiger partial charge in [-0.05, 0) is 38.5 Å². The molecule has 0 saturated carbocycles. The zero-order valence-electron chi connectivity index (χ0n) is 27.6. The van der Waals surface area contributed by atoms with Gasteiger partial charge in [-0.3, -0.25) is 4.79 Å². The van der Waals surface area contributed by atoms with Crippen molar-refractivity contribution in [2.45, 2.75) is 125 Å². The first-order chi connectivity index (χ1) is 24.1. The van der Waals surface area contributed by atoms with Crippen molar-refractivity contribution in [3.63, 3.8) is 0 Å². The molecule has 282 valence electrons. The average molecular weight is 727 g/mol. The predicted octanol–water partition coefficient (Wildman–Crippen LogP) is -1.58. The van der Waals surface area contributed by atoms with E-state index < -0.39 is 121 Å². The molecule has 16 atom stereocenters. The highest BCUT2D eigenvalue weighted by molar-refractivity contribution is 6.03. The maximum atomic E-state index is 13.1. The second-order valence-corrected chi connectivity index (χ2v) is 13.2. The number of phenolic OH excluding ortho intramolecular Hbond substituents is 3. The number of phenols is 3. The average Bonchev–Trinajstić information content (AvgIpc) is 3.09. The monoisotopic (exact) mass is 726 g/mol. The molecule has 0 spiro atoms. The predicted molar refractivity (Wildman–Crippen MR) is 166 cm³/mol. The summed E-state index contributed by atoms with van der Waals surface area (Å²) in [7, 11) is 0. The van der Waals surface area contributed by atoms with Gasteiger partial charge in [-0.2, -0.15) is 0 Å². The van der Waals surface area contributed by atoms with Crippen molar-refractivity contribution >= 4 is 5.78 Å². The molecule has 0 aromatic heterocycles. The number of fused-ring (bicyclic) bond motifs is 1. The maximum absolute atomic E-state index is 13.1. The summed E-state index contributed by atoms with van der Waals surface area (Å²) in [5.74, 6) is -2.96. The number of ether oxygens (including phenoxy) is 7. The van der Waals surface area contributed by atoms with Crippen molar-refractivity contribution in [3.05, 3.63) is 41.5 Å². The van der Waals surface area contributed by atoms with Gasteiger partial charge in [-0.25, -0.2) is 0 Å². The van der Waals surface area contributed by atoms with E-state index in [4.69, 9.17) is 33.2 Å². The van der Waals surface area contributed by atoms with Gasteiger partial charge in [0, 0.05) is 6.07 Å². The lowest BCUT2D eigenvalue weighted by molar-refractivity contribution is -0.384. The fourth-order valence-electron chi connectivity index (χ4n) is 6.46. The van der Waals surface area contributed by atoms with Crippen LogP contribution in [0.4, 0.5) is 0 Å². The number of Topliss-reactive ketones (excluding diaryl/α,β-unsaturated/α-hetero) is 1. The number of aliphatic hydroxyl groups excluding tert-OH is 7. The SMILES string of the molecule is C[C@@H]1OC(O[C@H]2C(O[C@H]3C(Oc4cc5c(c(O)c4O)C(=O)CC(c4ccc(O)cc4)O5)O[C@@H](C)[C@H](O)[C@H]3O)O[C@@H](C)[C@H](O)[C@H]2O)[C@H](O)[C@H](O)[C@H]1O. The number of aromatic hydroxyl groups is 3. The second-order valence-electron chi connectivity index (χ2n) is 13.2. The molecule has 0 bridgehead atoms. The molecule has 0 radical (unpaired) electrons. The van der Waals surface area contributed by atoms with E-state index in [2.05, 4.69) is 0 Å². The molecule has 3 saturated heterocycles. The van der Waals surface area contributed by atoms with E-state index in [1.54, 1.807) is 12.1 Å². The molecule has 2 aromatic rings. The standard InChI is InChI=1S/C33H42O18/c1-10-20(36)25(41)28(44)31(45-10)50-30-27(43)22(38)12(3)47-33(30)51-29-26(42)21(37)11(2)46-32(29)49-18-9-17-19(24(40)23(18)39)15(35)8-16(48-17)13-4-6-14(34)7-5-13/h4-7,9-12,16,20-22,25-34,36-44H,8H2,1-3H3/t10-,11-,12-,16?,20-,21-,22-,25+,26+,27+,28+,29+,30+,31?,32?,33?/m0/s1. The van der Waals surface area contributed by atoms with Crippen LogP contribution in [0.5, 0.6) is 28.7 Å². The highest BCUT2D eigenvalue weighted by Crippen LogP contribution is 2.49. The lowest BCUT2D eigenvalue weighted by Crippen LogP contribution is -2.66. The van der Waals surface area contributed by atoms with Crippen LogP contribution in [0, 0.1) is 0 Å². The molecule has 4 unspecified atom stereocenters. The Hall–Kier alpha value is -3.37. The van der Waals surface area contributed by atoms with E-state index >= 15 is 0 Å². The van der Waals surface area contributed by atoms with Crippen molar-refractivity contribution in [1.29, 1.82) is 0 Å². The second kappa shape index (κ2) is 14.6. The van der Waals surface area contributed by atoms with Crippen LogP contribution in [-0.4, -0.2) is 149 Å². The van der Waals surface area contributed by atoms with Crippen LogP contribution in [0.15, 0.2) is 30.3 Å². The van der Waals surface area contributed by atoms with Gasteiger partial charge in [0.25, 0.3) is 0 Å². The molecule has 10 N–H and O–H groups in total. The molecule has 4 heterocycles. The zero-order chi connectivity index (χ0) is 37.0. The van der Waals surface area contributed by atoms with Crippen LogP contribution in [0.2, 0.25) is 0 Å². The van der Waals surface area contributed by atoms with Gasteiger partial charge in [0.1, 0.15) is 72.0 Å². The third kappa shape index (κ3) is 7.07. The van der Waals surface area contributed by atoms with Gasteiger partial charge in [0.2, 0.25) is 12.0 Å². The van der Waals surface area contributed by atoms with Crippen LogP contribution >= 0.6 is 0 Å². The van der Waals surface area contributed by atoms with E-state index in [1.807, 2.05) is 0 Å². The van der Waals surface area contributed by atoms with E-state index in [-0.39, 0.29) is 23.5 Å². The van der Waals surface area contributed by atoms with Crippen molar-refractivity contribution in [2.24, 2.45) is 0 Å². The van der Waals surface area contributed by atoms with Gasteiger partial charge < -0.3 is 84.2 Å². The largest absolute Gasteiger partial charge is 0.508 e. The normalized spacial score (nSPS) is 41.4. The number of hydrogen-bond acceptors (Lipinski definition) is 18. The van der Waals surface area contributed by atoms with Crippen LogP contribution in [0.1, 0.15) is 49.2 Å². The number of aliphatic hydroxyl groups is 7. The molecular weight excluding hydrogens is 684 g/mol. The topological polar surface area (TPSA) is 284 Å². The molecule has 3 fully saturated rings. The Labute approximate surface area is 290 Å². The van der Waals surface area contributed by atoms with E-state index in [9.17, 15) is 55.9 Å². The first kappa shape index (κ1) is 37.4. The van der Waals surface area contributed by atoms with Gasteiger partial charge in [-0.15, -0.1) is 0 Å². The molecule has 0 aliphatic carbocycles. The molecular formula is C33H42O18. The Bertz CT molecular complexity index is 1560. The summed E-state index contributed by atoms with van der Waals surface area (Å²) in [6, 6.07) is 7.04. The third-order valence-corrected chi connectivity index (χ3v) is 9.59.